The summed E-state index contributed by atoms with van der Waals surface area (Å²) in [5, 5.41) is 5.43. The Labute approximate surface area is 180 Å². The number of methoxy groups -OCH3 is 2. The molecule has 3 aromatic rings. The molecular formula is C24H22N2O5. The van der Waals surface area contributed by atoms with Crippen molar-refractivity contribution in [1.29, 1.82) is 0 Å². The van der Waals surface area contributed by atoms with E-state index in [0.717, 1.165) is 0 Å². The summed E-state index contributed by atoms with van der Waals surface area (Å²) in [7, 11) is 2.84. The third-order valence-electron chi connectivity index (χ3n) is 4.48. The summed E-state index contributed by atoms with van der Waals surface area (Å²) in [5.41, 5.74) is 1.60. The highest BCUT2D eigenvalue weighted by molar-refractivity contribution is 6.13. The van der Waals surface area contributed by atoms with Gasteiger partial charge in [0.05, 0.1) is 31.9 Å². The van der Waals surface area contributed by atoms with Gasteiger partial charge in [0.1, 0.15) is 11.5 Å². The maximum atomic E-state index is 12.8. The van der Waals surface area contributed by atoms with Gasteiger partial charge in [-0.3, -0.25) is 14.4 Å². The Bertz CT molecular complexity index is 1080. The number of anilines is 2. The molecule has 0 aliphatic heterocycles. The number of hydrogen-bond donors (Lipinski definition) is 2. The minimum absolute atomic E-state index is 0.181. The van der Waals surface area contributed by atoms with E-state index in [1.165, 1.54) is 26.4 Å². The van der Waals surface area contributed by atoms with E-state index in [-0.39, 0.29) is 29.4 Å². The van der Waals surface area contributed by atoms with Gasteiger partial charge in [0.2, 0.25) is 5.91 Å². The summed E-state index contributed by atoms with van der Waals surface area (Å²) in [6, 6.07) is 20.5. The van der Waals surface area contributed by atoms with Gasteiger partial charge in [-0.25, -0.2) is 0 Å². The minimum atomic E-state index is -0.446. The van der Waals surface area contributed by atoms with Crippen LogP contribution in [0.5, 0.6) is 11.5 Å². The zero-order valence-corrected chi connectivity index (χ0v) is 17.2. The molecule has 7 nitrogen and oxygen atoms in total. The van der Waals surface area contributed by atoms with Crippen LogP contribution in [0.3, 0.4) is 0 Å². The largest absolute Gasteiger partial charge is 0.496 e. The predicted molar refractivity (Wildman–Crippen MR) is 118 cm³/mol. The SMILES string of the molecule is COc1cc(C(=O)CC(=O)Nc2ccccc2)c(OC)cc1NC(=O)c1ccccc1. The van der Waals surface area contributed by atoms with Gasteiger partial charge in [0.25, 0.3) is 5.91 Å². The van der Waals surface area contributed by atoms with Gasteiger partial charge in [-0.1, -0.05) is 36.4 Å². The Morgan fingerprint density at radius 2 is 1.39 bits per heavy atom. The second kappa shape index (κ2) is 10.1. The van der Waals surface area contributed by atoms with Crippen LogP contribution in [0.15, 0.2) is 72.8 Å². The Kier molecular flexibility index (Phi) is 7.01. The number of carbonyl (C=O) groups is 3. The van der Waals surface area contributed by atoms with Crippen LogP contribution in [0.4, 0.5) is 11.4 Å². The number of para-hydroxylation sites is 1. The molecule has 0 radical (unpaired) electrons. The van der Waals surface area contributed by atoms with Crippen LogP contribution in [0.1, 0.15) is 27.1 Å². The summed E-state index contributed by atoms with van der Waals surface area (Å²) >= 11 is 0. The van der Waals surface area contributed by atoms with Crippen LogP contribution in [0.2, 0.25) is 0 Å². The molecule has 2 amide bonds. The monoisotopic (exact) mass is 418 g/mol. The van der Waals surface area contributed by atoms with Crippen molar-refractivity contribution in [3.8, 4) is 11.5 Å². The average Bonchev–Trinajstić information content (AvgIpc) is 2.79. The molecule has 31 heavy (non-hydrogen) atoms. The molecule has 0 saturated heterocycles. The first kappa shape index (κ1) is 21.6. The topological polar surface area (TPSA) is 93.7 Å². The number of benzene rings is 3. The molecule has 0 bridgehead atoms. The summed E-state index contributed by atoms with van der Waals surface area (Å²) in [5.74, 6) is -0.718. The zero-order chi connectivity index (χ0) is 22.2. The molecule has 0 saturated carbocycles. The molecule has 158 valence electrons. The smallest absolute Gasteiger partial charge is 0.255 e. The molecule has 0 aliphatic rings. The van der Waals surface area contributed by atoms with Gasteiger partial charge in [0, 0.05) is 17.3 Å². The maximum absolute atomic E-state index is 12.8. The lowest BCUT2D eigenvalue weighted by atomic mass is 10.0. The van der Waals surface area contributed by atoms with Crippen LogP contribution in [-0.4, -0.2) is 31.8 Å². The fraction of sp³-hybridized carbons (Fsp3) is 0.125. The quantitative estimate of drug-likeness (QED) is 0.423. The first-order valence-electron chi connectivity index (χ1n) is 9.52. The van der Waals surface area contributed by atoms with E-state index in [9.17, 15) is 14.4 Å². The third kappa shape index (κ3) is 5.48. The second-order valence-corrected chi connectivity index (χ2v) is 6.59. The van der Waals surface area contributed by atoms with Gasteiger partial charge in [-0.05, 0) is 30.3 Å². The first-order valence-corrected chi connectivity index (χ1v) is 9.52. The molecule has 0 unspecified atom stereocenters. The highest BCUT2D eigenvalue weighted by Gasteiger charge is 2.21. The number of ketones is 1. The van der Waals surface area contributed by atoms with Crippen LogP contribution in [-0.2, 0) is 4.79 Å². The lowest BCUT2D eigenvalue weighted by Crippen LogP contribution is -2.17. The average molecular weight is 418 g/mol. The number of rotatable bonds is 8. The Morgan fingerprint density at radius 1 is 0.774 bits per heavy atom. The number of nitrogens with one attached hydrogen (secondary N) is 2. The van der Waals surface area contributed by atoms with Gasteiger partial charge in [0.15, 0.2) is 5.78 Å². The molecule has 0 fully saturated rings. The molecule has 7 heteroatoms. The zero-order valence-electron chi connectivity index (χ0n) is 17.2. The van der Waals surface area contributed by atoms with E-state index in [1.54, 1.807) is 48.5 Å². The second-order valence-electron chi connectivity index (χ2n) is 6.59. The van der Waals surface area contributed by atoms with Crippen molar-refractivity contribution in [2.45, 2.75) is 6.42 Å². The van der Waals surface area contributed by atoms with Gasteiger partial charge in [-0.15, -0.1) is 0 Å². The molecule has 0 spiro atoms. The molecular weight excluding hydrogens is 396 g/mol. The van der Waals surface area contributed by atoms with E-state index < -0.39 is 11.7 Å². The summed E-state index contributed by atoms with van der Waals surface area (Å²) < 4.78 is 10.7. The minimum Gasteiger partial charge on any atom is -0.496 e. The van der Waals surface area contributed by atoms with E-state index in [2.05, 4.69) is 10.6 Å². The standard InChI is InChI=1S/C24H22N2O5/c1-30-21-14-19(26-24(29)16-9-5-3-6-10-16)22(31-2)13-18(21)20(27)15-23(28)25-17-11-7-4-8-12-17/h3-14H,15H2,1-2H3,(H,25,28)(H,26,29). The van der Waals surface area contributed by atoms with Crippen molar-refractivity contribution in [2.75, 3.05) is 24.9 Å². The highest BCUT2D eigenvalue weighted by atomic mass is 16.5. The Hall–Kier alpha value is -4.13. The van der Waals surface area contributed by atoms with Crippen molar-refractivity contribution >= 4 is 29.0 Å². The highest BCUT2D eigenvalue weighted by Crippen LogP contribution is 2.34. The molecule has 0 aliphatic carbocycles. The molecule has 3 rings (SSSR count). The van der Waals surface area contributed by atoms with Crippen LogP contribution in [0.25, 0.3) is 0 Å². The van der Waals surface area contributed by atoms with Crippen molar-refractivity contribution in [1.82, 2.24) is 0 Å². The fourth-order valence-corrected chi connectivity index (χ4v) is 2.97. The first-order chi connectivity index (χ1) is 15.0. The maximum Gasteiger partial charge on any atom is 0.255 e. The molecule has 0 heterocycles. The molecule has 3 aromatic carbocycles. The summed E-state index contributed by atoms with van der Waals surface area (Å²) in [4.78, 5) is 37.5. The summed E-state index contributed by atoms with van der Waals surface area (Å²) in [6.07, 6.45) is -0.371. The number of ether oxygens (including phenoxy) is 2. The lowest BCUT2D eigenvalue weighted by molar-refractivity contribution is -0.115. The Balaban J connectivity index is 1.80. The third-order valence-corrected chi connectivity index (χ3v) is 4.48. The van der Waals surface area contributed by atoms with Gasteiger partial charge >= 0.3 is 0 Å². The van der Waals surface area contributed by atoms with Crippen molar-refractivity contribution in [3.05, 3.63) is 83.9 Å². The van der Waals surface area contributed by atoms with E-state index in [1.807, 2.05) is 12.1 Å². The lowest BCUT2D eigenvalue weighted by Gasteiger charge is -2.15. The van der Waals surface area contributed by atoms with Crippen LogP contribution in [0, 0.1) is 0 Å². The van der Waals surface area contributed by atoms with Crippen LogP contribution < -0.4 is 20.1 Å². The van der Waals surface area contributed by atoms with E-state index >= 15 is 0 Å². The number of carbonyl (C=O) groups excluding carboxylic acids is 3. The summed E-state index contributed by atoms with van der Waals surface area (Å²) in [6.45, 7) is 0. The van der Waals surface area contributed by atoms with E-state index in [0.29, 0.717) is 16.9 Å². The van der Waals surface area contributed by atoms with Gasteiger partial charge in [-0.2, -0.15) is 0 Å². The molecule has 0 aromatic heterocycles. The predicted octanol–water partition coefficient (Wildman–Crippen LogP) is 4.17. The number of hydrogen-bond acceptors (Lipinski definition) is 5. The normalized spacial score (nSPS) is 10.1. The van der Waals surface area contributed by atoms with Crippen molar-refractivity contribution in [3.63, 3.8) is 0 Å². The van der Waals surface area contributed by atoms with Crippen molar-refractivity contribution < 1.29 is 23.9 Å². The fourth-order valence-electron chi connectivity index (χ4n) is 2.97. The number of Topliss-reactive ketones (excluding diaryl/α,β-unsaturated/α-hetero) is 1. The number of amides is 2. The molecule has 2 N–H and O–H groups in total. The van der Waals surface area contributed by atoms with E-state index in [4.69, 9.17) is 9.47 Å². The van der Waals surface area contributed by atoms with Crippen LogP contribution >= 0.6 is 0 Å². The Morgan fingerprint density at radius 3 is 2.00 bits per heavy atom. The molecule has 0 atom stereocenters. The van der Waals surface area contributed by atoms with Crippen molar-refractivity contribution in [2.24, 2.45) is 0 Å². The van der Waals surface area contributed by atoms with Gasteiger partial charge < -0.3 is 20.1 Å².